The second-order valence-corrected chi connectivity index (χ2v) is 3.30. The molecule has 0 rings (SSSR count). The van der Waals surface area contributed by atoms with Gasteiger partial charge in [0.15, 0.2) is 0 Å². The Morgan fingerprint density at radius 1 is 1.44 bits per heavy atom. The van der Waals surface area contributed by atoms with E-state index in [4.69, 9.17) is 0 Å². The van der Waals surface area contributed by atoms with E-state index < -0.39 is 0 Å². The van der Waals surface area contributed by atoms with Gasteiger partial charge in [0.05, 0.1) is 0 Å². The molecular weight excluding hydrogens is 130 g/mol. The maximum atomic E-state index is 4.31. The van der Waals surface area contributed by atoms with Gasteiger partial charge in [-0.25, -0.2) is 0 Å². The van der Waals surface area contributed by atoms with Crippen LogP contribution < -0.4 is 0 Å². The van der Waals surface area contributed by atoms with Crippen molar-refractivity contribution in [3.8, 4) is 0 Å². The van der Waals surface area contributed by atoms with Gasteiger partial charge in [-0.15, -0.1) is 0 Å². The molecule has 0 aliphatic rings. The summed E-state index contributed by atoms with van der Waals surface area (Å²) in [5, 5.41) is 0.375. The Kier molecular flexibility index (Phi) is 4.32. The van der Waals surface area contributed by atoms with Crippen LogP contribution in [0.1, 0.15) is 27.2 Å². The number of rotatable bonds is 3. The molecule has 0 N–H and O–H groups in total. The van der Waals surface area contributed by atoms with Gasteiger partial charge < -0.3 is 0 Å². The molecule has 0 amide bonds. The molecule has 0 saturated carbocycles. The van der Waals surface area contributed by atoms with Gasteiger partial charge in [0.25, 0.3) is 0 Å². The summed E-state index contributed by atoms with van der Waals surface area (Å²) >= 11 is 4.31. The third kappa shape index (κ3) is 3.11. The smallest absolute Gasteiger partial charge is 0.0499 e. The normalized spacial score (nSPS) is 18.0. The van der Waals surface area contributed by atoms with Gasteiger partial charge in [0.1, 0.15) is 0 Å². The summed E-state index contributed by atoms with van der Waals surface area (Å²) < 4.78 is 0. The van der Waals surface area contributed by atoms with Crippen LogP contribution in [0.3, 0.4) is 0 Å². The lowest BCUT2D eigenvalue weighted by Gasteiger charge is -2.26. The van der Waals surface area contributed by atoms with Crippen LogP contribution in [0.4, 0.5) is 0 Å². The van der Waals surface area contributed by atoms with Crippen LogP contribution in [-0.4, -0.2) is 23.4 Å². The van der Waals surface area contributed by atoms with Crippen molar-refractivity contribution in [1.82, 2.24) is 4.90 Å². The first-order valence-electron chi connectivity index (χ1n) is 3.49. The largest absolute Gasteiger partial charge is 0.292 e. The fourth-order valence-electron chi connectivity index (χ4n) is 0.656. The standard InChI is InChI=1S/C7H17NS/c1-5-6(2)8(4)7(3)9/h6-7,9H,5H2,1-4H3. The minimum absolute atomic E-state index is 0.375. The SMILES string of the molecule is CCC(C)N(C)C(C)S. The van der Waals surface area contributed by atoms with Crippen LogP contribution in [-0.2, 0) is 0 Å². The molecule has 0 aromatic heterocycles. The minimum Gasteiger partial charge on any atom is -0.292 e. The van der Waals surface area contributed by atoms with Gasteiger partial charge in [0.2, 0.25) is 0 Å². The summed E-state index contributed by atoms with van der Waals surface area (Å²) in [5.74, 6) is 0. The van der Waals surface area contributed by atoms with Gasteiger partial charge in [-0.05, 0) is 27.3 Å². The third-order valence-electron chi connectivity index (χ3n) is 1.88. The first-order valence-corrected chi connectivity index (χ1v) is 4.01. The maximum absolute atomic E-state index is 4.31. The van der Waals surface area contributed by atoms with E-state index in [1.807, 2.05) is 0 Å². The molecule has 56 valence electrons. The van der Waals surface area contributed by atoms with E-state index in [-0.39, 0.29) is 0 Å². The molecule has 0 bridgehead atoms. The summed E-state index contributed by atoms with van der Waals surface area (Å²) in [6.45, 7) is 6.50. The van der Waals surface area contributed by atoms with Gasteiger partial charge in [-0.2, -0.15) is 12.6 Å². The molecule has 0 heterocycles. The van der Waals surface area contributed by atoms with E-state index in [1.165, 1.54) is 6.42 Å². The average Bonchev–Trinajstić information content (AvgIpc) is 1.84. The van der Waals surface area contributed by atoms with Crippen LogP contribution in [0, 0.1) is 0 Å². The molecule has 0 fully saturated rings. The number of nitrogens with zero attached hydrogens (tertiary/aromatic N) is 1. The fraction of sp³-hybridized carbons (Fsp3) is 1.00. The fourth-order valence-corrected chi connectivity index (χ4v) is 0.884. The molecule has 9 heavy (non-hydrogen) atoms. The zero-order valence-electron chi connectivity index (χ0n) is 6.76. The Morgan fingerprint density at radius 3 is 2.00 bits per heavy atom. The summed E-state index contributed by atoms with van der Waals surface area (Å²) in [5.41, 5.74) is 0. The predicted molar refractivity (Wildman–Crippen MR) is 46.0 cm³/mol. The monoisotopic (exact) mass is 147 g/mol. The van der Waals surface area contributed by atoms with Gasteiger partial charge in [0, 0.05) is 11.4 Å². The molecule has 2 unspecified atom stereocenters. The van der Waals surface area contributed by atoms with E-state index in [9.17, 15) is 0 Å². The van der Waals surface area contributed by atoms with E-state index >= 15 is 0 Å². The molecule has 0 aliphatic carbocycles. The highest BCUT2D eigenvalue weighted by molar-refractivity contribution is 7.80. The predicted octanol–water partition coefficient (Wildman–Crippen LogP) is 1.99. The van der Waals surface area contributed by atoms with Crippen molar-refractivity contribution in [1.29, 1.82) is 0 Å². The lowest BCUT2D eigenvalue weighted by molar-refractivity contribution is 0.246. The van der Waals surface area contributed by atoms with Crippen molar-refractivity contribution in [3.63, 3.8) is 0 Å². The van der Waals surface area contributed by atoms with Crippen molar-refractivity contribution in [2.24, 2.45) is 0 Å². The zero-order chi connectivity index (χ0) is 7.44. The van der Waals surface area contributed by atoms with E-state index in [1.54, 1.807) is 0 Å². The van der Waals surface area contributed by atoms with E-state index in [0.717, 1.165) is 0 Å². The lowest BCUT2D eigenvalue weighted by Crippen LogP contribution is -2.32. The van der Waals surface area contributed by atoms with Crippen LogP contribution in [0.5, 0.6) is 0 Å². The summed E-state index contributed by atoms with van der Waals surface area (Å²) in [4.78, 5) is 2.25. The average molecular weight is 147 g/mol. The maximum Gasteiger partial charge on any atom is 0.0499 e. The second-order valence-electron chi connectivity index (χ2n) is 2.55. The summed E-state index contributed by atoms with van der Waals surface area (Å²) in [7, 11) is 2.10. The van der Waals surface area contributed by atoms with E-state index in [0.29, 0.717) is 11.4 Å². The Morgan fingerprint density at radius 2 is 1.89 bits per heavy atom. The Bertz CT molecular complexity index is 73.3. The van der Waals surface area contributed by atoms with E-state index in [2.05, 4.69) is 45.3 Å². The van der Waals surface area contributed by atoms with Crippen molar-refractivity contribution in [2.45, 2.75) is 38.6 Å². The molecule has 0 aromatic carbocycles. The third-order valence-corrected chi connectivity index (χ3v) is 2.24. The highest BCUT2D eigenvalue weighted by Crippen LogP contribution is 2.07. The first-order chi connectivity index (χ1) is 4.09. The molecule has 1 nitrogen and oxygen atoms in total. The Labute approximate surface area is 63.8 Å². The van der Waals surface area contributed by atoms with Crippen molar-refractivity contribution < 1.29 is 0 Å². The van der Waals surface area contributed by atoms with Crippen molar-refractivity contribution in [2.75, 3.05) is 7.05 Å². The highest BCUT2D eigenvalue weighted by Gasteiger charge is 2.09. The molecule has 2 heteroatoms. The van der Waals surface area contributed by atoms with Crippen LogP contribution in [0.25, 0.3) is 0 Å². The van der Waals surface area contributed by atoms with Gasteiger partial charge in [-0.3, -0.25) is 4.90 Å². The summed E-state index contributed by atoms with van der Waals surface area (Å²) in [6.07, 6.45) is 1.20. The molecule has 0 saturated heterocycles. The number of thiol groups is 1. The molecule has 2 atom stereocenters. The van der Waals surface area contributed by atoms with Gasteiger partial charge in [-0.1, -0.05) is 6.92 Å². The molecule has 0 radical (unpaired) electrons. The topological polar surface area (TPSA) is 3.24 Å². The highest BCUT2D eigenvalue weighted by atomic mass is 32.1. The van der Waals surface area contributed by atoms with Crippen LogP contribution >= 0.6 is 12.6 Å². The Hall–Kier alpha value is 0.310. The summed E-state index contributed by atoms with van der Waals surface area (Å²) in [6, 6.07) is 0.650. The number of hydrogen-bond donors (Lipinski definition) is 1. The first kappa shape index (κ1) is 9.31. The zero-order valence-corrected chi connectivity index (χ0v) is 7.65. The Balaban J connectivity index is 3.58. The second kappa shape index (κ2) is 4.18. The van der Waals surface area contributed by atoms with Crippen LogP contribution in [0.2, 0.25) is 0 Å². The minimum atomic E-state index is 0.375. The van der Waals surface area contributed by atoms with Crippen molar-refractivity contribution >= 4 is 12.6 Å². The number of hydrogen-bond acceptors (Lipinski definition) is 2. The lowest BCUT2D eigenvalue weighted by atomic mass is 10.2. The molecule has 0 spiro atoms. The quantitative estimate of drug-likeness (QED) is 0.472. The van der Waals surface area contributed by atoms with Gasteiger partial charge >= 0.3 is 0 Å². The van der Waals surface area contributed by atoms with Crippen molar-refractivity contribution in [3.05, 3.63) is 0 Å². The van der Waals surface area contributed by atoms with Crippen LogP contribution in [0.15, 0.2) is 0 Å². The molecule has 0 aromatic rings. The molecular formula is C7H17NS. The molecule has 0 aliphatic heterocycles.